The summed E-state index contributed by atoms with van der Waals surface area (Å²) in [5.41, 5.74) is 9.12. The maximum atomic E-state index is 11.1. The Balaban J connectivity index is 3.39. The van der Waals surface area contributed by atoms with Gasteiger partial charge >= 0.3 is 6.03 Å². The van der Waals surface area contributed by atoms with Crippen molar-refractivity contribution in [1.29, 1.82) is 0 Å². The zero-order valence-corrected chi connectivity index (χ0v) is 10.4. The average Bonchev–Trinajstić information content (AvgIpc) is 2.23. The van der Waals surface area contributed by atoms with Crippen LogP contribution in [-0.2, 0) is 0 Å². The minimum Gasteiger partial charge on any atom is -0.496 e. The van der Waals surface area contributed by atoms with Crippen LogP contribution in [-0.4, -0.2) is 20.2 Å². The fourth-order valence-electron chi connectivity index (χ4n) is 1.82. The third-order valence-electron chi connectivity index (χ3n) is 2.89. The normalized spacial score (nSPS) is 10.1. The zero-order valence-electron chi connectivity index (χ0n) is 10.4. The van der Waals surface area contributed by atoms with Gasteiger partial charge in [-0.15, -0.1) is 0 Å². The first-order valence-electron chi connectivity index (χ1n) is 5.08. The van der Waals surface area contributed by atoms with Crippen LogP contribution in [0.3, 0.4) is 0 Å². The maximum Gasteiger partial charge on any atom is 0.319 e. The summed E-state index contributed by atoms with van der Waals surface area (Å²) >= 11 is 0. The minimum atomic E-state index is -0.466. The molecule has 0 spiro atoms. The van der Waals surface area contributed by atoms with Crippen LogP contribution in [0.4, 0.5) is 10.5 Å². The van der Waals surface area contributed by atoms with E-state index in [-0.39, 0.29) is 0 Å². The highest BCUT2D eigenvalue weighted by atomic mass is 16.5. The standard InChI is InChI=1S/C12H18N2O2/c1-7-6-10(14(4)12(13)15)8(2)9(3)11(7)16-5/h6H,1-5H3,(H2,13,15). The lowest BCUT2D eigenvalue weighted by Crippen LogP contribution is -2.32. The van der Waals surface area contributed by atoms with Crippen molar-refractivity contribution in [3.05, 3.63) is 22.8 Å². The second kappa shape index (κ2) is 4.43. The molecule has 0 saturated heterocycles. The van der Waals surface area contributed by atoms with E-state index in [0.29, 0.717) is 0 Å². The summed E-state index contributed by atoms with van der Waals surface area (Å²) in [6, 6.07) is 1.44. The smallest absolute Gasteiger partial charge is 0.319 e. The second-order valence-corrected chi connectivity index (χ2v) is 3.89. The molecule has 1 rings (SSSR count). The van der Waals surface area contributed by atoms with Crippen LogP contribution in [0, 0.1) is 20.8 Å². The maximum absolute atomic E-state index is 11.1. The van der Waals surface area contributed by atoms with Crippen molar-refractivity contribution in [2.75, 3.05) is 19.1 Å². The summed E-state index contributed by atoms with van der Waals surface area (Å²) in [6.07, 6.45) is 0. The van der Waals surface area contributed by atoms with E-state index in [9.17, 15) is 4.79 Å². The third kappa shape index (κ3) is 1.96. The lowest BCUT2D eigenvalue weighted by atomic mass is 10.0. The molecule has 88 valence electrons. The number of ether oxygens (including phenoxy) is 1. The Morgan fingerprint density at radius 1 is 1.31 bits per heavy atom. The van der Waals surface area contributed by atoms with E-state index in [1.807, 2.05) is 26.8 Å². The number of hydrogen-bond acceptors (Lipinski definition) is 2. The molecule has 4 nitrogen and oxygen atoms in total. The number of urea groups is 1. The van der Waals surface area contributed by atoms with Gasteiger partial charge in [-0.3, -0.25) is 4.90 Å². The van der Waals surface area contributed by atoms with Crippen LogP contribution in [0.1, 0.15) is 16.7 Å². The molecule has 4 heteroatoms. The number of carbonyl (C=O) groups is 1. The van der Waals surface area contributed by atoms with Crippen LogP contribution in [0.5, 0.6) is 5.75 Å². The van der Waals surface area contributed by atoms with Gasteiger partial charge in [0.25, 0.3) is 0 Å². The van der Waals surface area contributed by atoms with Gasteiger partial charge in [-0.25, -0.2) is 4.79 Å². The number of nitrogens with two attached hydrogens (primary N) is 1. The van der Waals surface area contributed by atoms with E-state index in [0.717, 1.165) is 28.1 Å². The highest BCUT2D eigenvalue weighted by Gasteiger charge is 2.15. The van der Waals surface area contributed by atoms with Gasteiger partial charge in [-0.1, -0.05) is 0 Å². The number of carbonyl (C=O) groups excluding carboxylic acids is 1. The SMILES string of the molecule is COc1c(C)cc(N(C)C(N)=O)c(C)c1C. The van der Waals surface area contributed by atoms with Crippen molar-refractivity contribution in [3.63, 3.8) is 0 Å². The molecule has 0 aromatic heterocycles. The van der Waals surface area contributed by atoms with Crippen molar-refractivity contribution >= 4 is 11.7 Å². The van der Waals surface area contributed by atoms with Crippen molar-refractivity contribution in [2.24, 2.45) is 5.73 Å². The zero-order chi connectivity index (χ0) is 12.5. The molecule has 16 heavy (non-hydrogen) atoms. The van der Waals surface area contributed by atoms with Gasteiger partial charge in [0.15, 0.2) is 0 Å². The van der Waals surface area contributed by atoms with Gasteiger partial charge < -0.3 is 10.5 Å². The topological polar surface area (TPSA) is 55.6 Å². The molecule has 0 atom stereocenters. The highest BCUT2D eigenvalue weighted by Crippen LogP contribution is 2.32. The van der Waals surface area contributed by atoms with Crippen molar-refractivity contribution in [3.8, 4) is 5.75 Å². The largest absolute Gasteiger partial charge is 0.496 e. The lowest BCUT2D eigenvalue weighted by Gasteiger charge is -2.21. The van der Waals surface area contributed by atoms with Gasteiger partial charge in [0, 0.05) is 12.7 Å². The number of anilines is 1. The first-order chi connectivity index (χ1) is 7.40. The number of amides is 2. The quantitative estimate of drug-likeness (QED) is 0.833. The minimum absolute atomic E-state index is 0.466. The lowest BCUT2D eigenvalue weighted by molar-refractivity contribution is 0.255. The Bertz CT molecular complexity index is 428. The fourth-order valence-corrected chi connectivity index (χ4v) is 1.82. The summed E-state index contributed by atoms with van der Waals surface area (Å²) in [5, 5.41) is 0. The van der Waals surface area contributed by atoms with E-state index in [1.165, 1.54) is 4.90 Å². The Hall–Kier alpha value is -1.71. The molecule has 2 N–H and O–H groups in total. The Morgan fingerprint density at radius 2 is 1.88 bits per heavy atom. The number of nitrogens with zero attached hydrogens (tertiary/aromatic N) is 1. The molecular formula is C12H18N2O2. The highest BCUT2D eigenvalue weighted by molar-refractivity contribution is 5.91. The van der Waals surface area contributed by atoms with Gasteiger partial charge in [-0.2, -0.15) is 0 Å². The first kappa shape index (κ1) is 12.4. The first-order valence-corrected chi connectivity index (χ1v) is 5.08. The molecule has 0 saturated carbocycles. The van der Waals surface area contributed by atoms with Gasteiger partial charge in [0.05, 0.1) is 7.11 Å². The molecule has 0 unspecified atom stereocenters. The summed E-state index contributed by atoms with van der Waals surface area (Å²) in [6.45, 7) is 5.87. The third-order valence-corrected chi connectivity index (χ3v) is 2.89. The molecule has 0 aliphatic heterocycles. The molecule has 2 amide bonds. The van der Waals surface area contributed by atoms with Gasteiger partial charge in [0.1, 0.15) is 5.75 Å². The van der Waals surface area contributed by atoms with E-state index in [1.54, 1.807) is 14.2 Å². The Labute approximate surface area is 96.0 Å². The van der Waals surface area contributed by atoms with Crippen molar-refractivity contribution in [1.82, 2.24) is 0 Å². The van der Waals surface area contributed by atoms with Gasteiger partial charge in [-0.05, 0) is 43.5 Å². The van der Waals surface area contributed by atoms with Crippen LogP contribution >= 0.6 is 0 Å². The number of benzene rings is 1. The number of rotatable bonds is 2. The predicted octanol–water partition coefficient (Wildman–Crippen LogP) is 2.14. The van der Waals surface area contributed by atoms with E-state index < -0.39 is 6.03 Å². The number of hydrogen-bond donors (Lipinski definition) is 1. The van der Waals surface area contributed by atoms with Gasteiger partial charge in [0.2, 0.25) is 0 Å². The Kier molecular flexibility index (Phi) is 3.42. The predicted molar refractivity (Wildman–Crippen MR) is 65.2 cm³/mol. The van der Waals surface area contributed by atoms with Crippen LogP contribution in [0.25, 0.3) is 0 Å². The summed E-state index contributed by atoms with van der Waals surface area (Å²) in [5.74, 6) is 0.860. The van der Waals surface area contributed by atoms with Crippen LogP contribution in [0.2, 0.25) is 0 Å². The molecule has 0 fully saturated rings. The number of methoxy groups -OCH3 is 1. The molecular weight excluding hydrogens is 204 g/mol. The average molecular weight is 222 g/mol. The summed E-state index contributed by atoms with van der Waals surface area (Å²) in [4.78, 5) is 12.6. The molecule has 1 aromatic rings. The Morgan fingerprint density at radius 3 is 2.31 bits per heavy atom. The van der Waals surface area contributed by atoms with Crippen LogP contribution in [0.15, 0.2) is 6.07 Å². The molecule has 0 bridgehead atoms. The molecule has 0 radical (unpaired) electrons. The van der Waals surface area contributed by atoms with E-state index in [4.69, 9.17) is 10.5 Å². The second-order valence-electron chi connectivity index (χ2n) is 3.89. The fraction of sp³-hybridized carbons (Fsp3) is 0.417. The van der Waals surface area contributed by atoms with E-state index in [2.05, 4.69) is 0 Å². The van der Waals surface area contributed by atoms with Crippen LogP contribution < -0.4 is 15.4 Å². The molecule has 1 aromatic carbocycles. The molecule has 0 aliphatic carbocycles. The number of aryl methyl sites for hydroxylation is 1. The van der Waals surface area contributed by atoms with Crippen molar-refractivity contribution < 1.29 is 9.53 Å². The number of primary amides is 1. The summed E-state index contributed by atoms with van der Waals surface area (Å²) < 4.78 is 5.32. The summed E-state index contributed by atoms with van der Waals surface area (Å²) in [7, 11) is 3.31. The molecule has 0 heterocycles. The molecule has 0 aliphatic rings. The monoisotopic (exact) mass is 222 g/mol. The van der Waals surface area contributed by atoms with E-state index >= 15 is 0 Å². The van der Waals surface area contributed by atoms with Crippen molar-refractivity contribution in [2.45, 2.75) is 20.8 Å².